The van der Waals surface area contributed by atoms with E-state index < -0.39 is 5.82 Å². The van der Waals surface area contributed by atoms with E-state index in [1.54, 1.807) is 12.1 Å². The van der Waals surface area contributed by atoms with Gasteiger partial charge in [-0.1, -0.05) is 23.2 Å². The first-order chi connectivity index (χ1) is 8.58. The van der Waals surface area contributed by atoms with Crippen LogP contribution in [0.4, 0.5) is 4.39 Å². The van der Waals surface area contributed by atoms with Gasteiger partial charge in [-0.05, 0) is 35.9 Å². The van der Waals surface area contributed by atoms with Gasteiger partial charge in [-0.3, -0.25) is 9.78 Å². The normalized spacial score (nSPS) is 10.4. The van der Waals surface area contributed by atoms with Crippen LogP contribution < -0.4 is 0 Å². The predicted octanol–water partition coefficient (Wildman–Crippen LogP) is 3.95. The number of rotatable bonds is 3. The van der Waals surface area contributed by atoms with Gasteiger partial charge in [0.15, 0.2) is 5.78 Å². The molecule has 5 heteroatoms. The first-order valence-electron chi connectivity index (χ1n) is 5.15. The summed E-state index contributed by atoms with van der Waals surface area (Å²) in [6, 6.07) is 7.27. The van der Waals surface area contributed by atoms with Gasteiger partial charge in [0.25, 0.3) is 0 Å². The number of pyridine rings is 1. The molecule has 0 spiro atoms. The van der Waals surface area contributed by atoms with Crippen molar-refractivity contribution in [2.75, 3.05) is 0 Å². The third-order valence-electron chi connectivity index (χ3n) is 2.38. The summed E-state index contributed by atoms with van der Waals surface area (Å²) >= 11 is 11.6. The Bertz CT molecular complexity index is 601. The number of nitrogens with zero attached hydrogens (tertiary/aromatic N) is 1. The molecule has 1 heterocycles. The Hall–Kier alpha value is -1.45. The molecule has 0 aliphatic carbocycles. The van der Waals surface area contributed by atoms with Gasteiger partial charge in [0.05, 0.1) is 5.02 Å². The van der Waals surface area contributed by atoms with Crippen molar-refractivity contribution in [3.63, 3.8) is 0 Å². The summed E-state index contributed by atoms with van der Waals surface area (Å²) in [5, 5.41) is 0.635. The van der Waals surface area contributed by atoms with Gasteiger partial charge in [-0.2, -0.15) is 0 Å². The van der Waals surface area contributed by atoms with Crippen molar-refractivity contribution in [2.45, 2.75) is 6.42 Å². The van der Waals surface area contributed by atoms with Crippen LogP contribution in [0.3, 0.4) is 0 Å². The Labute approximate surface area is 113 Å². The molecule has 2 rings (SSSR count). The lowest BCUT2D eigenvalue weighted by Gasteiger charge is -2.04. The van der Waals surface area contributed by atoms with Crippen LogP contribution in [-0.2, 0) is 6.42 Å². The van der Waals surface area contributed by atoms with E-state index in [0.717, 1.165) is 0 Å². The summed E-state index contributed by atoms with van der Waals surface area (Å²) in [5.41, 5.74) is 0.368. The number of aromatic nitrogens is 1. The average molecular weight is 284 g/mol. The fourth-order valence-corrected chi connectivity index (χ4v) is 1.95. The molecule has 2 aromatic rings. The lowest BCUT2D eigenvalue weighted by molar-refractivity contribution is 0.0987. The molecule has 0 unspecified atom stereocenters. The molecule has 0 atom stereocenters. The third kappa shape index (κ3) is 2.86. The number of hydrogen-bond acceptors (Lipinski definition) is 2. The highest BCUT2D eigenvalue weighted by molar-refractivity contribution is 6.33. The number of ketones is 1. The van der Waals surface area contributed by atoms with Crippen molar-refractivity contribution in [1.29, 1.82) is 0 Å². The summed E-state index contributed by atoms with van der Waals surface area (Å²) in [7, 11) is 0. The monoisotopic (exact) mass is 283 g/mol. The molecule has 0 saturated heterocycles. The molecule has 0 fully saturated rings. The topological polar surface area (TPSA) is 30.0 Å². The molecule has 2 nitrogen and oxygen atoms in total. The van der Waals surface area contributed by atoms with E-state index in [4.69, 9.17) is 23.2 Å². The molecule has 92 valence electrons. The van der Waals surface area contributed by atoms with E-state index in [1.807, 2.05) is 0 Å². The van der Waals surface area contributed by atoms with E-state index >= 15 is 0 Å². The smallest absolute Gasteiger partial charge is 0.187 e. The predicted molar refractivity (Wildman–Crippen MR) is 68.7 cm³/mol. The molecule has 0 saturated carbocycles. The Morgan fingerprint density at radius 3 is 2.78 bits per heavy atom. The van der Waals surface area contributed by atoms with Gasteiger partial charge in [-0.15, -0.1) is 0 Å². The number of halogens is 3. The van der Waals surface area contributed by atoms with Crippen LogP contribution in [0.1, 0.15) is 16.1 Å². The first-order valence-corrected chi connectivity index (χ1v) is 5.91. The third-order valence-corrected chi connectivity index (χ3v) is 2.92. The van der Waals surface area contributed by atoms with Crippen LogP contribution in [0.25, 0.3) is 0 Å². The summed E-state index contributed by atoms with van der Waals surface area (Å²) in [5.74, 6) is -0.818. The van der Waals surface area contributed by atoms with E-state index in [0.29, 0.717) is 5.02 Å². The highest BCUT2D eigenvalue weighted by atomic mass is 35.5. The fourth-order valence-electron chi connectivity index (χ4n) is 1.53. The molecule has 0 aliphatic rings. The van der Waals surface area contributed by atoms with Crippen molar-refractivity contribution in [1.82, 2.24) is 4.98 Å². The zero-order valence-corrected chi connectivity index (χ0v) is 10.7. The molecular formula is C13H8Cl2FNO. The number of hydrogen-bond donors (Lipinski definition) is 0. The van der Waals surface area contributed by atoms with Crippen LogP contribution in [-0.4, -0.2) is 10.8 Å². The Balaban J connectivity index is 2.27. The minimum atomic E-state index is -0.472. The highest BCUT2D eigenvalue weighted by Crippen LogP contribution is 2.19. The van der Waals surface area contributed by atoms with Gasteiger partial charge >= 0.3 is 0 Å². The van der Waals surface area contributed by atoms with E-state index in [9.17, 15) is 9.18 Å². The van der Waals surface area contributed by atoms with Crippen molar-refractivity contribution < 1.29 is 9.18 Å². The van der Waals surface area contributed by atoms with Gasteiger partial charge in [0, 0.05) is 17.6 Å². The zero-order valence-electron chi connectivity index (χ0n) is 9.16. The second-order valence-corrected chi connectivity index (χ2v) is 4.51. The molecule has 1 aromatic carbocycles. The zero-order chi connectivity index (χ0) is 13.1. The number of carbonyl (C=O) groups excluding carboxylic acids is 1. The maximum Gasteiger partial charge on any atom is 0.187 e. The maximum atomic E-state index is 13.5. The van der Waals surface area contributed by atoms with Crippen LogP contribution in [0.5, 0.6) is 0 Å². The van der Waals surface area contributed by atoms with Crippen LogP contribution >= 0.6 is 23.2 Å². The van der Waals surface area contributed by atoms with Crippen molar-refractivity contribution in [2.24, 2.45) is 0 Å². The molecule has 0 aliphatic heterocycles. The molecular weight excluding hydrogens is 276 g/mol. The lowest BCUT2D eigenvalue weighted by atomic mass is 10.1. The van der Waals surface area contributed by atoms with Gasteiger partial charge in [-0.25, -0.2) is 4.39 Å². The van der Waals surface area contributed by atoms with Crippen LogP contribution in [0.2, 0.25) is 10.0 Å². The van der Waals surface area contributed by atoms with Crippen molar-refractivity contribution in [3.8, 4) is 0 Å². The van der Waals surface area contributed by atoms with Gasteiger partial charge in [0.2, 0.25) is 0 Å². The molecule has 1 aromatic heterocycles. The summed E-state index contributed by atoms with van der Waals surface area (Å²) in [4.78, 5) is 15.8. The average Bonchev–Trinajstić information content (AvgIpc) is 2.34. The molecule has 0 amide bonds. The van der Waals surface area contributed by atoms with Crippen molar-refractivity contribution >= 4 is 29.0 Å². The standard InChI is InChI=1S/C13H8Cl2FNO/c14-9-3-4-11(16)8(6-9)7-12(18)13-10(15)2-1-5-17-13/h1-6H,7H2. The van der Waals surface area contributed by atoms with Crippen LogP contribution in [0.15, 0.2) is 36.5 Å². The fraction of sp³-hybridized carbons (Fsp3) is 0.0769. The quantitative estimate of drug-likeness (QED) is 0.799. The molecule has 0 radical (unpaired) electrons. The molecule has 0 N–H and O–H groups in total. The lowest BCUT2D eigenvalue weighted by Crippen LogP contribution is -2.08. The molecule has 0 bridgehead atoms. The van der Waals surface area contributed by atoms with Crippen LogP contribution in [0, 0.1) is 5.82 Å². The summed E-state index contributed by atoms with van der Waals surface area (Å²) < 4.78 is 13.5. The van der Waals surface area contributed by atoms with Gasteiger partial charge in [0.1, 0.15) is 11.5 Å². The second-order valence-electron chi connectivity index (χ2n) is 3.67. The summed E-state index contributed by atoms with van der Waals surface area (Å²) in [6.45, 7) is 0. The number of Topliss-reactive ketones (excluding diaryl/α,β-unsaturated/α-hetero) is 1. The number of carbonyl (C=O) groups is 1. The van der Waals surface area contributed by atoms with E-state index in [1.165, 1.54) is 24.4 Å². The summed E-state index contributed by atoms with van der Waals surface area (Å²) in [6.07, 6.45) is 1.34. The van der Waals surface area contributed by atoms with E-state index in [2.05, 4.69) is 4.98 Å². The number of benzene rings is 1. The first kappa shape index (κ1) is 13.0. The Morgan fingerprint density at radius 2 is 2.06 bits per heavy atom. The van der Waals surface area contributed by atoms with E-state index in [-0.39, 0.29) is 28.5 Å². The second kappa shape index (κ2) is 5.46. The van der Waals surface area contributed by atoms with Crippen molar-refractivity contribution in [3.05, 3.63) is 63.6 Å². The van der Waals surface area contributed by atoms with Gasteiger partial charge < -0.3 is 0 Å². The largest absolute Gasteiger partial charge is 0.292 e. The highest BCUT2D eigenvalue weighted by Gasteiger charge is 2.14. The minimum Gasteiger partial charge on any atom is -0.292 e. The Morgan fingerprint density at radius 1 is 1.28 bits per heavy atom. The Kier molecular flexibility index (Phi) is 3.94. The maximum absolute atomic E-state index is 13.5. The minimum absolute atomic E-state index is 0.122. The SMILES string of the molecule is O=C(Cc1cc(Cl)ccc1F)c1ncccc1Cl. The molecule has 18 heavy (non-hydrogen) atoms.